The van der Waals surface area contributed by atoms with Gasteiger partial charge in [0.25, 0.3) is 0 Å². The van der Waals surface area contributed by atoms with Gasteiger partial charge in [-0.25, -0.2) is 4.79 Å². The Morgan fingerprint density at radius 1 is 1.22 bits per heavy atom. The molecule has 96 valence electrons. The average Bonchev–Trinajstić information content (AvgIpc) is 2.38. The van der Waals surface area contributed by atoms with Crippen LogP contribution in [0.3, 0.4) is 0 Å². The van der Waals surface area contributed by atoms with E-state index in [0.29, 0.717) is 13.0 Å². The Kier molecular flexibility index (Phi) is 3.65. The van der Waals surface area contributed by atoms with Crippen LogP contribution in [-0.4, -0.2) is 18.5 Å². The van der Waals surface area contributed by atoms with Crippen LogP contribution in [0, 0.1) is 0 Å². The van der Waals surface area contributed by atoms with E-state index in [1.165, 1.54) is 5.56 Å². The minimum atomic E-state index is -0.311. The van der Waals surface area contributed by atoms with Crippen molar-refractivity contribution >= 4 is 17.6 Å². The first-order chi connectivity index (χ1) is 8.65. The molecule has 1 aromatic carbocycles. The second-order valence-corrected chi connectivity index (χ2v) is 4.43. The molecule has 0 aromatic heterocycles. The lowest BCUT2D eigenvalue weighted by molar-refractivity contribution is -0.120. The van der Waals surface area contributed by atoms with Crippen LogP contribution < -0.4 is 10.2 Å². The molecule has 0 aliphatic carbocycles. The molecule has 1 saturated heterocycles. The lowest BCUT2D eigenvalue weighted by atomic mass is 10.0. The van der Waals surface area contributed by atoms with E-state index in [2.05, 4.69) is 31.3 Å². The molecule has 0 bridgehead atoms. The molecule has 0 spiro atoms. The van der Waals surface area contributed by atoms with Crippen molar-refractivity contribution in [3.05, 3.63) is 29.3 Å². The van der Waals surface area contributed by atoms with Gasteiger partial charge in [0.15, 0.2) is 0 Å². The third-order valence-corrected chi connectivity index (χ3v) is 3.28. The molecule has 1 aliphatic rings. The van der Waals surface area contributed by atoms with Gasteiger partial charge in [-0.1, -0.05) is 26.0 Å². The summed E-state index contributed by atoms with van der Waals surface area (Å²) in [6.45, 7) is 4.62. The monoisotopic (exact) mass is 246 g/mol. The van der Waals surface area contributed by atoms with Crippen LogP contribution in [-0.2, 0) is 17.6 Å². The molecule has 4 nitrogen and oxygen atoms in total. The standard InChI is InChI=1S/C14H18N2O2/c1-3-10-5-6-11(4-2)12(9-10)16-8-7-13(17)15-14(16)18/h5-6,9H,3-4,7-8H2,1-2H3,(H,15,17,18). The van der Waals surface area contributed by atoms with E-state index in [1.807, 2.05) is 6.07 Å². The summed E-state index contributed by atoms with van der Waals surface area (Å²) in [7, 11) is 0. The van der Waals surface area contributed by atoms with Crippen LogP contribution in [0.5, 0.6) is 0 Å². The summed E-state index contributed by atoms with van der Waals surface area (Å²) in [5.41, 5.74) is 3.27. The highest BCUT2D eigenvalue weighted by molar-refractivity contribution is 6.05. The molecule has 1 aliphatic heterocycles. The third-order valence-electron chi connectivity index (χ3n) is 3.28. The van der Waals surface area contributed by atoms with Crippen molar-refractivity contribution in [2.45, 2.75) is 33.1 Å². The second-order valence-electron chi connectivity index (χ2n) is 4.43. The normalized spacial score (nSPS) is 15.8. The number of amides is 3. The Labute approximate surface area is 107 Å². The topological polar surface area (TPSA) is 49.4 Å². The number of rotatable bonds is 3. The van der Waals surface area contributed by atoms with Crippen molar-refractivity contribution in [3.63, 3.8) is 0 Å². The van der Waals surface area contributed by atoms with Gasteiger partial charge in [0.2, 0.25) is 5.91 Å². The zero-order chi connectivity index (χ0) is 13.1. The first-order valence-corrected chi connectivity index (χ1v) is 6.38. The number of nitrogens with zero attached hydrogens (tertiary/aromatic N) is 1. The van der Waals surface area contributed by atoms with Gasteiger partial charge in [0, 0.05) is 18.7 Å². The number of hydrogen-bond donors (Lipinski definition) is 1. The van der Waals surface area contributed by atoms with E-state index in [0.717, 1.165) is 24.1 Å². The maximum Gasteiger partial charge on any atom is 0.328 e. The Morgan fingerprint density at radius 3 is 2.61 bits per heavy atom. The summed E-state index contributed by atoms with van der Waals surface area (Å²) in [5.74, 6) is -0.194. The van der Waals surface area contributed by atoms with Crippen LogP contribution >= 0.6 is 0 Å². The zero-order valence-electron chi connectivity index (χ0n) is 10.8. The summed E-state index contributed by atoms with van der Waals surface area (Å²) < 4.78 is 0. The van der Waals surface area contributed by atoms with E-state index in [-0.39, 0.29) is 11.9 Å². The van der Waals surface area contributed by atoms with E-state index in [1.54, 1.807) is 4.90 Å². The number of imide groups is 1. The van der Waals surface area contributed by atoms with Gasteiger partial charge in [-0.2, -0.15) is 0 Å². The molecule has 3 amide bonds. The molecule has 4 heteroatoms. The maximum absolute atomic E-state index is 11.9. The van der Waals surface area contributed by atoms with E-state index in [9.17, 15) is 9.59 Å². The smallest absolute Gasteiger partial charge is 0.293 e. The highest BCUT2D eigenvalue weighted by Gasteiger charge is 2.25. The number of urea groups is 1. The Morgan fingerprint density at radius 2 is 2.00 bits per heavy atom. The molecular formula is C14H18N2O2. The van der Waals surface area contributed by atoms with Crippen LogP contribution in [0.4, 0.5) is 10.5 Å². The Hall–Kier alpha value is -1.84. The number of aryl methyl sites for hydroxylation is 2. The third kappa shape index (κ3) is 2.37. The van der Waals surface area contributed by atoms with Crippen LogP contribution in [0.15, 0.2) is 18.2 Å². The first kappa shape index (κ1) is 12.6. The van der Waals surface area contributed by atoms with Gasteiger partial charge in [-0.05, 0) is 30.0 Å². The zero-order valence-corrected chi connectivity index (χ0v) is 10.8. The average molecular weight is 246 g/mol. The van der Waals surface area contributed by atoms with E-state index < -0.39 is 0 Å². The predicted molar refractivity (Wildman–Crippen MR) is 70.7 cm³/mol. The molecule has 1 N–H and O–H groups in total. The second kappa shape index (κ2) is 5.21. The molecule has 1 heterocycles. The minimum Gasteiger partial charge on any atom is -0.293 e. The molecule has 1 aromatic rings. The van der Waals surface area contributed by atoms with Crippen LogP contribution in [0.2, 0.25) is 0 Å². The fourth-order valence-corrected chi connectivity index (χ4v) is 2.17. The van der Waals surface area contributed by atoms with Crippen molar-refractivity contribution in [3.8, 4) is 0 Å². The van der Waals surface area contributed by atoms with Crippen molar-refractivity contribution in [2.24, 2.45) is 0 Å². The number of anilines is 1. The summed E-state index contributed by atoms with van der Waals surface area (Å²) in [6.07, 6.45) is 2.17. The molecular weight excluding hydrogens is 228 g/mol. The van der Waals surface area contributed by atoms with Crippen molar-refractivity contribution in [1.29, 1.82) is 0 Å². The summed E-state index contributed by atoms with van der Waals surface area (Å²) >= 11 is 0. The van der Waals surface area contributed by atoms with Gasteiger partial charge >= 0.3 is 6.03 Å². The van der Waals surface area contributed by atoms with Crippen LogP contribution in [0.25, 0.3) is 0 Å². The van der Waals surface area contributed by atoms with Gasteiger partial charge in [-0.15, -0.1) is 0 Å². The number of hydrogen-bond acceptors (Lipinski definition) is 2. The van der Waals surface area contributed by atoms with Gasteiger partial charge in [0.1, 0.15) is 0 Å². The molecule has 0 unspecified atom stereocenters. The quantitative estimate of drug-likeness (QED) is 0.889. The van der Waals surface area contributed by atoms with Gasteiger partial charge < -0.3 is 0 Å². The van der Waals surface area contributed by atoms with E-state index in [4.69, 9.17) is 0 Å². The Balaban J connectivity index is 2.36. The van der Waals surface area contributed by atoms with Crippen LogP contribution in [0.1, 0.15) is 31.4 Å². The SMILES string of the molecule is CCc1ccc(CC)c(N2CCC(=O)NC2=O)c1. The summed E-state index contributed by atoms with van der Waals surface area (Å²) in [5, 5.41) is 2.36. The maximum atomic E-state index is 11.9. The molecule has 2 rings (SSSR count). The van der Waals surface area contributed by atoms with E-state index >= 15 is 0 Å². The molecule has 1 fully saturated rings. The summed E-state index contributed by atoms with van der Waals surface area (Å²) in [4.78, 5) is 24.7. The minimum absolute atomic E-state index is 0.194. The number of carbonyl (C=O) groups excluding carboxylic acids is 2. The molecule has 0 radical (unpaired) electrons. The van der Waals surface area contributed by atoms with Crippen molar-refractivity contribution in [1.82, 2.24) is 5.32 Å². The lowest BCUT2D eigenvalue weighted by Gasteiger charge is -2.28. The van der Waals surface area contributed by atoms with Gasteiger partial charge in [-0.3, -0.25) is 15.0 Å². The summed E-state index contributed by atoms with van der Waals surface area (Å²) in [6, 6.07) is 5.90. The number of carbonyl (C=O) groups is 2. The predicted octanol–water partition coefficient (Wildman–Crippen LogP) is 2.26. The number of nitrogens with one attached hydrogen (secondary N) is 1. The first-order valence-electron chi connectivity index (χ1n) is 6.38. The lowest BCUT2D eigenvalue weighted by Crippen LogP contribution is -2.49. The Bertz CT molecular complexity index is 483. The molecule has 18 heavy (non-hydrogen) atoms. The molecule has 0 atom stereocenters. The molecule has 0 saturated carbocycles. The fraction of sp³-hybridized carbons (Fsp3) is 0.429. The highest BCUT2D eigenvalue weighted by atomic mass is 16.2. The van der Waals surface area contributed by atoms with Gasteiger partial charge in [0.05, 0.1) is 0 Å². The largest absolute Gasteiger partial charge is 0.328 e. The highest BCUT2D eigenvalue weighted by Crippen LogP contribution is 2.25. The number of benzene rings is 1. The van der Waals surface area contributed by atoms with Crippen molar-refractivity contribution < 1.29 is 9.59 Å². The fourth-order valence-electron chi connectivity index (χ4n) is 2.17. The van der Waals surface area contributed by atoms with Crippen molar-refractivity contribution in [2.75, 3.05) is 11.4 Å².